The van der Waals surface area contributed by atoms with Crippen molar-refractivity contribution in [1.82, 2.24) is 0 Å². The molecule has 0 aliphatic heterocycles. The molecule has 0 unspecified atom stereocenters. The van der Waals surface area contributed by atoms with Gasteiger partial charge in [0.2, 0.25) is 0 Å². The van der Waals surface area contributed by atoms with Gasteiger partial charge in [-0.05, 0) is 13.0 Å². The average Bonchev–Trinajstić information content (AvgIpc) is 2.42. The second kappa shape index (κ2) is 4.34. The molecule has 62 valence electrons. The van der Waals surface area contributed by atoms with Crippen LogP contribution in [0.3, 0.4) is 0 Å². The maximum Gasteiger partial charge on any atom is 0.152 e. The van der Waals surface area contributed by atoms with E-state index in [-0.39, 0.29) is 0 Å². The molecule has 0 N–H and O–H groups in total. The van der Waals surface area contributed by atoms with Gasteiger partial charge < -0.3 is 0 Å². The summed E-state index contributed by atoms with van der Waals surface area (Å²) in [5.74, 6) is 3.16. The van der Waals surface area contributed by atoms with E-state index in [9.17, 15) is 4.79 Å². The molecule has 0 aliphatic rings. The molecule has 1 nitrogen and oxygen atoms in total. The first-order valence-corrected chi connectivity index (χ1v) is 5.20. The average molecular weight is 196 g/mol. The standard InChI is InChI=1S/C9H8OS2/c1-3-4-11-9-8(6-10)5-7(2)12-9/h1,5-6H,4H2,2H3. The Morgan fingerprint density at radius 3 is 3.17 bits per heavy atom. The third-order valence-corrected chi connectivity index (χ3v) is 3.54. The second-order valence-electron chi connectivity index (χ2n) is 2.21. The van der Waals surface area contributed by atoms with Crippen LogP contribution in [0.25, 0.3) is 0 Å². The van der Waals surface area contributed by atoms with Gasteiger partial charge in [-0.3, -0.25) is 4.79 Å². The van der Waals surface area contributed by atoms with Crippen LogP contribution in [0.5, 0.6) is 0 Å². The van der Waals surface area contributed by atoms with Gasteiger partial charge in [0.05, 0.1) is 9.96 Å². The molecule has 0 atom stereocenters. The van der Waals surface area contributed by atoms with E-state index in [1.807, 2.05) is 13.0 Å². The number of terminal acetylenes is 1. The lowest BCUT2D eigenvalue weighted by atomic mass is 10.3. The van der Waals surface area contributed by atoms with E-state index in [2.05, 4.69) is 5.92 Å². The highest BCUT2D eigenvalue weighted by atomic mass is 32.2. The summed E-state index contributed by atoms with van der Waals surface area (Å²) >= 11 is 3.16. The van der Waals surface area contributed by atoms with Crippen molar-refractivity contribution in [1.29, 1.82) is 0 Å². The number of rotatable bonds is 3. The Morgan fingerprint density at radius 1 is 1.83 bits per heavy atom. The van der Waals surface area contributed by atoms with Gasteiger partial charge in [0.25, 0.3) is 0 Å². The summed E-state index contributed by atoms with van der Waals surface area (Å²) in [5.41, 5.74) is 0.762. The largest absolute Gasteiger partial charge is 0.298 e. The zero-order valence-electron chi connectivity index (χ0n) is 6.66. The Morgan fingerprint density at radius 2 is 2.58 bits per heavy atom. The minimum absolute atomic E-state index is 0.626. The summed E-state index contributed by atoms with van der Waals surface area (Å²) < 4.78 is 1.03. The normalized spacial score (nSPS) is 9.33. The highest BCUT2D eigenvalue weighted by Crippen LogP contribution is 2.30. The molecule has 0 aliphatic carbocycles. The Balaban J connectivity index is 2.83. The van der Waals surface area contributed by atoms with Gasteiger partial charge in [0, 0.05) is 10.4 Å². The first kappa shape index (κ1) is 9.37. The maximum atomic E-state index is 10.5. The van der Waals surface area contributed by atoms with E-state index in [0.717, 1.165) is 20.9 Å². The van der Waals surface area contributed by atoms with Crippen LogP contribution in [-0.2, 0) is 0 Å². The molecule has 0 amide bonds. The SMILES string of the molecule is C#CCSc1sc(C)cc1C=O. The zero-order chi connectivity index (χ0) is 8.97. The molecular weight excluding hydrogens is 188 g/mol. The summed E-state index contributed by atoms with van der Waals surface area (Å²) in [6.45, 7) is 1.98. The number of thioether (sulfide) groups is 1. The van der Waals surface area contributed by atoms with Gasteiger partial charge >= 0.3 is 0 Å². The molecule has 0 saturated heterocycles. The van der Waals surface area contributed by atoms with Crippen LogP contribution in [-0.4, -0.2) is 12.0 Å². The fourth-order valence-electron chi connectivity index (χ4n) is 0.815. The summed E-state index contributed by atoms with van der Waals surface area (Å²) in [6, 6.07) is 1.89. The van der Waals surface area contributed by atoms with E-state index in [4.69, 9.17) is 6.42 Å². The molecule has 1 rings (SSSR count). The Hall–Kier alpha value is -0.720. The third-order valence-electron chi connectivity index (χ3n) is 1.26. The van der Waals surface area contributed by atoms with Crippen molar-refractivity contribution in [3.05, 3.63) is 16.5 Å². The van der Waals surface area contributed by atoms with E-state index in [1.165, 1.54) is 0 Å². The quantitative estimate of drug-likeness (QED) is 0.420. The summed E-state index contributed by atoms with van der Waals surface area (Å²) in [6.07, 6.45) is 6.00. The number of thiophene rings is 1. The lowest BCUT2D eigenvalue weighted by Crippen LogP contribution is -1.76. The third kappa shape index (κ3) is 2.13. The highest BCUT2D eigenvalue weighted by Gasteiger charge is 2.05. The molecule has 0 radical (unpaired) electrons. The maximum absolute atomic E-state index is 10.5. The zero-order valence-corrected chi connectivity index (χ0v) is 8.30. The molecular formula is C9H8OS2. The first-order chi connectivity index (χ1) is 5.77. The van der Waals surface area contributed by atoms with Crippen LogP contribution in [0.4, 0.5) is 0 Å². The van der Waals surface area contributed by atoms with E-state index >= 15 is 0 Å². The molecule has 0 spiro atoms. The Kier molecular flexibility index (Phi) is 3.39. The summed E-state index contributed by atoms with van der Waals surface area (Å²) in [5, 5.41) is 0. The number of carbonyl (C=O) groups is 1. The van der Waals surface area contributed by atoms with E-state index in [1.54, 1.807) is 23.1 Å². The molecule has 1 heterocycles. The number of carbonyl (C=O) groups excluding carboxylic acids is 1. The number of aryl methyl sites for hydroxylation is 1. The molecule has 3 heteroatoms. The minimum atomic E-state index is 0.626. The van der Waals surface area contributed by atoms with Crippen LogP contribution in [0.15, 0.2) is 10.3 Å². The molecule has 0 aromatic carbocycles. The number of hydrogen-bond acceptors (Lipinski definition) is 3. The van der Waals surface area contributed by atoms with Gasteiger partial charge in [0.15, 0.2) is 6.29 Å². The molecule has 0 bridgehead atoms. The van der Waals surface area contributed by atoms with E-state index < -0.39 is 0 Å². The van der Waals surface area contributed by atoms with Crippen molar-refractivity contribution in [3.8, 4) is 12.3 Å². The van der Waals surface area contributed by atoms with Crippen molar-refractivity contribution in [2.45, 2.75) is 11.1 Å². The Labute approximate surface area is 80.2 Å². The van der Waals surface area contributed by atoms with Crippen molar-refractivity contribution in [3.63, 3.8) is 0 Å². The van der Waals surface area contributed by atoms with Crippen molar-refractivity contribution in [2.24, 2.45) is 0 Å². The minimum Gasteiger partial charge on any atom is -0.298 e. The van der Waals surface area contributed by atoms with Gasteiger partial charge in [-0.25, -0.2) is 0 Å². The molecule has 1 aromatic rings. The van der Waals surface area contributed by atoms with Crippen LogP contribution in [0, 0.1) is 19.3 Å². The lowest BCUT2D eigenvalue weighted by molar-refractivity contribution is 0.112. The summed E-state index contributed by atoms with van der Waals surface area (Å²) in [4.78, 5) is 11.7. The van der Waals surface area contributed by atoms with Crippen LogP contribution in [0.1, 0.15) is 15.2 Å². The smallest absolute Gasteiger partial charge is 0.152 e. The van der Waals surface area contributed by atoms with Gasteiger partial charge in [-0.2, -0.15) is 0 Å². The van der Waals surface area contributed by atoms with Gasteiger partial charge in [-0.1, -0.05) is 5.92 Å². The predicted molar refractivity (Wildman–Crippen MR) is 54.0 cm³/mol. The van der Waals surface area contributed by atoms with Crippen LogP contribution in [0.2, 0.25) is 0 Å². The molecule has 0 saturated carbocycles. The Bertz CT molecular complexity index is 320. The molecule has 1 aromatic heterocycles. The number of hydrogen-bond donors (Lipinski definition) is 0. The molecule has 0 fully saturated rings. The fourth-order valence-corrected chi connectivity index (χ4v) is 2.81. The van der Waals surface area contributed by atoms with Crippen molar-refractivity contribution >= 4 is 29.4 Å². The topological polar surface area (TPSA) is 17.1 Å². The van der Waals surface area contributed by atoms with Crippen molar-refractivity contribution in [2.75, 3.05) is 5.75 Å². The second-order valence-corrected chi connectivity index (χ2v) is 4.71. The summed E-state index contributed by atoms with van der Waals surface area (Å²) in [7, 11) is 0. The highest BCUT2D eigenvalue weighted by molar-refractivity contribution is 8.01. The van der Waals surface area contributed by atoms with E-state index in [0.29, 0.717) is 5.75 Å². The first-order valence-electron chi connectivity index (χ1n) is 3.40. The van der Waals surface area contributed by atoms with Gasteiger partial charge in [0.1, 0.15) is 0 Å². The van der Waals surface area contributed by atoms with Crippen LogP contribution < -0.4 is 0 Å². The lowest BCUT2D eigenvalue weighted by Gasteiger charge is -1.91. The number of aldehydes is 1. The monoisotopic (exact) mass is 196 g/mol. The van der Waals surface area contributed by atoms with Gasteiger partial charge in [-0.15, -0.1) is 29.5 Å². The predicted octanol–water partition coefficient (Wildman–Crippen LogP) is 2.59. The molecule has 12 heavy (non-hydrogen) atoms. The fraction of sp³-hybridized carbons (Fsp3) is 0.222. The van der Waals surface area contributed by atoms with Crippen molar-refractivity contribution < 1.29 is 4.79 Å². The van der Waals surface area contributed by atoms with Crippen LogP contribution >= 0.6 is 23.1 Å².